The van der Waals surface area contributed by atoms with Crippen LogP contribution in [0.3, 0.4) is 0 Å². The van der Waals surface area contributed by atoms with Gasteiger partial charge in [-0.2, -0.15) is 0 Å². The number of carbonyl (C=O) groups excluding carboxylic acids is 1. The molecule has 2 nitrogen and oxygen atoms in total. The molecule has 1 heterocycles. The summed E-state index contributed by atoms with van der Waals surface area (Å²) in [7, 11) is 0. The Balaban J connectivity index is 2.07. The lowest BCUT2D eigenvalue weighted by Gasteiger charge is -2.06. The molecule has 4 heteroatoms. The second kappa shape index (κ2) is 5.27. The van der Waals surface area contributed by atoms with Crippen LogP contribution in [0.5, 0.6) is 5.75 Å². The first-order valence-corrected chi connectivity index (χ1v) is 6.32. The zero-order chi connectivity index (χ0) is 11.4. The Morgan fingerprint density at radius 1 is 1.25 bits per heavy atom. The SMILES string of the molecule is O=Cc1ccccc1OCc1ccc(Br)s1. The van der Waals surface area contributed by atoms with E-state index in [0.29, 0.717) is 17.9 Å². The molecule has 2 aromatic rings. The van der Waals surface area contributed by atoms with Crippen molar-refractivity contribution in [2.75, 3.05) is 0 Å². The number of benzene rings is 1. The Kier molecular flexibility index (Phi) is 3.74. The van der Waals surface area contributed by atoms with Gasteiger partial charge in [-0.3, -0.25) is 4.79 Å². The second-order valence-electron chi connectivity index (χ2n) is 3.15. The summed E-state index contributed by atoms with van der Waals surface area (Å²) in [6.07, 6.45) is 0.805. The molecule has 0 saturated carbocycles. The lowest BCUT2D eigenvalue weighted by atomic mass is 10.2. The topological polar surface area (TPSA) is 26.3 Å². The van der Waals surface area contributed by atoms with Crippen molar-refractivity contribution in [3.8, 4) is 5.75 Å². The molecule has 0 fully saturated rings. The summed E-state index contributed by atoms with van der Waals surface area (Å²) in [6, 6.07) is 11.2. The number of carbonyl (C=O) groups is 1. The highest BCUT2D eigenvalue weighted by molar-refractivity contribution is 9.11. The highest BCUT2D eigenvalue weighted by atomic mass is 79.9. The molecular weight excluding hydrogens is 288 g/mol. The van der Waals surface area contributed by atoms with E-state index in [2.05, 4.69) is 15.9 Å². The van der Waals surface area contributed by atoms with Gasteiger partial charge in [-0.1, -0.05) is 12.1 Å². The number of hydrogen-bond acceptors (Lipinski definition) is 3. The van der Waals surface area contributed by atoms with Gasteiger partial charge in [0.2, 0.25) is 0 Å². The Bertz CT molecular complexity index is 493. The fourth-order valence-electron chi connectivity index (χ4n) is 1.29. The summed E-state index contributed by atoms with van der Waals surface area (Å²) in [5, 5.41) is 0. The van der Waals surface area contributed by atoms with Crippen LogP contribution >= 0.6 is 27.3 Å². The molecule has 0 atom stereocenters. The van der Waals surface area contributed by atoms with E-state index in [1.165, 1.54) is 0 Å². The third-order valence-corrected chi connectivity index (χ3v) is 3.64. The third-order valence-electron chi connectivity index (χ3n) is 2.04. The van der Waals surface area contributed by atoms with Gasteiger partial charge in [0, 0.05) is 4.88 Å². The number of rotatable bonds is 4. The van der Waals surface area contributed by atoms with E-state index >= 15 is 0 Å². The molecule has 0 aliphatic heterocycles. The summed E-state index contributed by atoms with van der Waals surface area (Å²) in [6.45, 7) is 0.487. The number of halogens is 1. The van der Waals surface area contributed by atoms with Crippen LogP contribution in [0.25, 0.3) is 0 Å². The van der Waals surface area contributed by atoms with E-state index in [4.69, 9.17) is 4.74 Å². The minimum absolute atomic E-state index is 0.487. The van der Waals surface area contributed by atoms with Crippen LogP contribution in [0.2, 0.25) is 0 Å². The smallest absolute Gasteiger partial charge is 0.153 e. The molecule has 0 saturated heterocycles. The van der Waals surface area contributed by atoms with Crippen LogP contribution in [-0.2, 0) is 6.61 Å². The van der Waals surface area contributed by atoms with Gasteiger partial charge in [0.05, 0.1) is 9.35 Å². The predicted molar refractivity (Wildman–Crippen MR) is 68.2 cm³/mol. The Morgan fingerprint density at radius 3 is 2.75 bits per heavy atom. The predicted octanol–water partition coefficient (Wildman–Crippen LogP) is 3.90. The molecule has 0 radical (unpaired) electrons. The second-order valence-corrected chi connectivity index (χ2v) is 5.70. The van der Waals surface area contributed by atoms with Crippen molar-refractivity contribution >= 4 is 33.6 Å². The molecule has 0 unspecified atom stereocenters. The largest absolute Gasteiger partial charge is 0.487 e. The van der Waals surface area contributed by atoms with Gasteiger partial charge < -0.3 is 4.74 Å². The van der Waals surface area contributed by atoms with Crippen molar-refractivity contribution in [1.82, 2.24) is 0 Å². The van der Waals surface area contributed by atoms with Crippen LogP contribution in [0, 0.1) is 0 Å². The van der Waals surface area contributed by atoms with Gasteiger partial charge in [-0.25, -0.2) is 0 Å². The summed E-state index contributed by atoms with van der Waals surface area (Å²) < 4.78 is 6.66. The summed E-state index contributed by atoms with van der Waals surface area (Å²) in [5.41, 5.74) is 0.582. The molecule has 82 valence electrons. The maximum atomic E-state index is 10.8. The van der Waals surface area contributed by atoms with Crippen LogP contribution in [0.1, 0.15) is 15.2 Å². The molecule has 2 rings (SSSR count). The lowest BCUT2D eigenvalue weighted by Crippen LogP contribution is -1.95. The van der Waals surface area contributed by atoms with Gasteiger partial charge in [0.1, 0.15) is 12.4 Å². The van der Waals surface area contributed by atoms with Gasteiger partial charge in [-0.15, -0.1) is 11.3 Å². The molecule has 0 aliphatic rings. The zero-order valence-corrected chi connectivity index (χ0v) is 10.8. The van der Waals surface area contributed by atoms with Gasteiger partial charge in [0.25, 0.3) is 0 Å². The van der Waals surface area contributed by atoms with Crippen molar-refractivity contribution in [2.45, 2.75) is 6.61 Å². The molecule has 1 aromatic carbocycles. The number of para-hydroxylation sites is 1. The lowest BCUT2D eigenvalue weighted by molar-refractivity contribution is 0.111. The highest BCUT2D eigenvalue weighted by Gasteiger charge is 2.03. The van der Waals surface area contributed by atoms with E-state index in [0.717, 1.165) is 14.9 Å². The van der Waals surface area contributed by atoms with Gasteiger partial charge in [0.15, 0.2) is 6.29 Å². The molecule has 0 aliphatic carbocycles. The summed E-state index contributed by atoms with van der Waals surface area (Å²) in [4.78, 5) is 11.9. The fourth-order valence-corrected chi connectivity index (χ4v) is 2.68. The average molecular weight is 297 g/mol. The van der Waals surface area contributed by atoms with Crippen molar-refractivity contribution < 1.29 is 9.53 Å². The molecular formula is C12H9BrO2S. The Hall–Kier alpha value is -1.13. The number of ether oxygens (including phenoxy) is 1. The maximum absolute atomic E-state index is 10.8. The standard InChI is InChI=1S/C12H9BrO2S/c13-12-6-5-10(16-12)8-15-11-4-2-1-3-9(11)7-14/h1-7H,8H2. The molecule has 0 N–H and O–H groups in total. The minimum atomic E-state index is 0.487. The molecule has 1 aromatic heterocycles. The van der Waals surface area contributed by atoms with Gasteiger partial charge in [-0.05, 0) is 40.2 Å². The van der Waals surface area contributed by atoms with E-state index in [1.807, 2.05) is 24.3 Å². The van der Waals surface area contributed by atoms with Crippen molar-refractivity contribution in [2.24, 2.45) is 0 Å². The van der Waals surface area contributed by atoms with Crippen LogP contribution in [-0.4, -0.2) is 6.29 Å². The van der Waals surface area contributed by atoms with E-state index in [-0.39, 0.29) is 0 Å². The monoisotopic (exact) mass is 296 g/mol. The van der Waals surface area contributed by atoms with Gasteiger partial charge >= 0.3 is 0 Å². The van der Waals surface area contributed by atoms with Crippen molar-refractivity contribution in [3.05, 3.63) is 50.6 Å². The first-order chi connectivity index (χ1) is 7.79. The Morgan fingerprint density at radius 2 is 2.06 bits per heavy atom. The average Bonchev–Trinajstić information content (AvgIpc) is 2.73. The fraction of sp³-hybridized carbons (Fsp3) is 0.0833. The van der Waals surface area contributed by atoms with E-state index in [1.54, 1.807) is 23.5 Å². The number of thiophene rings is 1. The highest BCUT2D eigenvalue weighted by Crippen LogP contribution is 2.24. The van der Waals surface area contributed by atoms with Crippen LogP contribution < -0.4 is 4.74 Å². The normalized spacial score (nSPS) is 10.1. The van der Waals surface area contributed by atoms with Crippen molar-refractivity contribution in [1.29, 1.82) is 0 Å². The maximum Gasteiger partial charge on any atom is 0.153 e. The third kappa shape index (κ3) is 2.71. The Labute approximate surface area is 106 Å². The van der Waals surface area contributed by atoms with E-state index in [9.17, 15) is 4.79 Å². The first kappa shape index (κ1) is 11.4. The summed E-state index contributed by atoms with van der Waals surface area (Å²) in [5.74, 6) is 0.627. The summed E-state index contributed by atoms with van der Waals surface area (Å²) >= 11 is 5.02. The van der Waals surface area contributed by atoms with Crippen molar-refractivity contribution in [3.63, 3.8) is 0 Å². The van der Waals surface area contributed by atoms with E-state index < -0.39 is 0 Å². The quantitative estimate of drug-likeness (QED) is 0.800. The number of aldehydes is 1. The zero-order valence-electron chi connectivity index (χ0n) is 8.35. The van der Waals surface area contributed by atoms with Crippen LogP contribution in [0.4, 0.5) is 0 Å². The molecule has 0 bridgehead atoms. The number of hydrogen-bond donors (Lipinski definition) is 0. The molecule has 0 spiro atoms. The molecule has 16 heavy (non-hydrogen) atoms. The minimum Gasteiger partial charge on any atom is -0.487 e. The van der Waals surface area contributed by atoms with Crippen LogP contribution in [0.15, 0.2) is 40.2 Å². The first-order valence-electron chi connectivity index (χ1n) is 4.71. The molecule has 0 amide bonds.